The first-order valence-electron chi connectivity index (χ1n) is 6.69. The molecule has 2 unspecified atom stereocenters. The van der Waals surface area contributed by atoms with E-state index in [-0.39, 0.29) is 30.4 Å². The average molecular weight is 283 g/mol. The number of amides is 1. The largest absolute Gasteiger partial charge is 0.336 e. The van der Waals surface area contributed by atoms with Crippen LogP contribution in [0.1, 0.15) is 43.4 Å². The molecule has 106 valence electrons. The van der Waals surface area contributed by atoms with Gasteiger partial charge >= 0.3 is 0 Å². The van der Waals surface area contributed by atoms with Gasteiger partial charge in [-0.3, -0.25) is 4.79 Å². The Morgan fingerprint density at radius 1 is 1.42 bits per heavy atom. The zero-order valence-electron chi connectivity index (χ0n) is 11.6. The minimum absolute atomic E-state index is 0. The van der Waals surface area contributed by atoms with Crippen molar-refractivity contribution < 1.29 is 4.79 Å². The molecule has 1 aromatic rings. The summed E-state index contributed by atoms with van der Waals surface area (Å²) >= 11 is 0. The number of likely N-dealkylation sites (tertiary alicyclic amines) is 1. The van der Waals surface area contributed by atoms with Crippen molar-refractivity contribution in [3.63, 3.8) is 0 Å². The molecule has 1 aliphatic rings. The molecule has 0 bridgehead atoms. The molecule has 1 aromatic carbocycles. The van der Waals surface area contributed by atoms with Gasteiger partial charge in [0.25, 0.3) is 0 Å². The number of carbonyl (C=O) groups is 1. The van der Waals surface area contributed by atoms with Crippen LogP contribution in [0.3, 0.4) is 0 Å². The van der Waals surface area contributed by atoms with Gasteiger partial charge in [-0.05, 0) is 32.3 Å². The smallest absolute Gasteiger partial charge is 0.224 e. The van der Waals surface area contributed by atoms with Crippen molar-refractivity contribution >= 4 is 18.3 Å². The molecule has 1 fully saturated rings. The van der Waals surface area contributed by atoms with Crippen LogP contribution in [0.2, 0.25) is 0 Å². The molecule has 2 N–H and O–H groups in total. The van der Waals surface area contributed by atoms with Crippen LogP contribution in [0.4, 0.5) is 0 Å². The van der Waals surface area contributed by atoms with Crippen molar-refractivity contribution in [2.75, 3.05) is 6.54 Å². The lowest BCUT2D eigenvalue weighted by atomic mass is 10.0. The minimum Gasteiger partial charge on any atom is -0.336 e. The third-order valence-corrected chi connectivity index (χ3v) is 3.53. The maximum absolute atomic E-state index is 12.2. The fraction of sp³-hybridized carbons (Fsp3) is 0.533. The van der Waals surface area contributed by atoms with Crippen LogP contribution in [0.5, 0.6) is 0 Å². The number of carbonyl (C=O) groups excluding carboxylic acids is 1. The molecule has 2 atom stereocenters. The van der Waals surface area contributed by atoms with E-state index in [1.165, 1.54) is 11.1 Å². The second-order valence-electron chi connectivity index (χ2n) is 5.34. The Bertz CT molecular complexity index is 417. The van der Waals surface area contributed by atoms with E-state index in [2.05, 4.69) is 31.2 Å². The SMILES string of the molecule is Cc1ccc(C2CCCN2C(=O)CC(C)N)cc1.Cl. The van der Waals surface area contributed by atoms with Crippen molar-refractivity contribution in [3.05, 3.63) is 35.4 Å². The molecular formula is C15H23ClN2O. The molecule has 0 saturated carbocycles. The standard InChI is InChI=1S/C15H22N2O.ClH/c1-11-5-7-13(8-6-11)14-4-3-9-17(14)15(18)10-12(2)16;/h5-8,12,14H,3-4,9-10,16H2,1-2H3;1H. The maximum atomic E-state index is 12.2. The monoisotopic (exact) mass is 282 g/mol. The quantitative estimate of drug-likeness (QED) is 0.927. The highest BCUT2D eigenvalue weighted by Gasteiger charge is 2.29. The highest BCUT2D eigenvalue weighted by molar-refractivity contribution is 5.85. The van der Waals surface area contributed by atoms with E-state index in [0.717, 1.165) is 19.4 Å². The molecule has 1 saturated heterocycles. The normalized spacial score (nSPS) is 19.9. The zero-order chi connectivity index (χ0) is 13.1. The summed E-state index contributed by atoms with van der Waals surface area (Å²) in [7, 11) is 0. The van der Waals surface area contributed by atoms with Gasteiger partial charge in [0.1, 0.15) is 0 Å². The van der Waals surface area contributed by atoms with E-state index in [1.807, 2.05) is 11.8 Å². The molecule has 19 heavy (non-hydrogen) atoms. The fourth-order valence-electron chi connectivity index (χ4n) is 2.59. The Labute approximate surface area is 121 Å². The average Bonchev–Trinajstić information content (AvgIpc) is 2.78. The molecule has 0 spiro atoms. The van der Waals surface area contributed by atoms with Crippen molar-refractivity contribution in [1.82, 2.24) is 4.90 Å². The summed E-state index contributed by atoms with van der Waals surface area (Å²) in [5, 5.41) is 0. The van der Waals surface area contributed by atoms with Crippen LogP contribution in [-0.2, 0) is 4.79 Å². The van der Waals surface area contributed by atoms with Crippen LogP contribution in [-0.4, -0.2) is 23.4 Å². The van der Waals surface area contributed by atoms with E-state index < -0.39 is 0 Å². The summed E-state index contributed by atoms with van der Waals surface area (Å²) in [5.74, 6) is 0.188. The van der Waals surface area contributed by atoms with E-state index in [0.29, 0.717) is 6.42 Å². The predicted molar refractivity (Wildman–Crippen MR) is 80.4 cm³/mol. The number of aryl methyl sites for hydroxylation is 1. The first kappa shape index (κ1) is 16.0. The number of hydrogen-bond acceptors (Lipinski definition) is 2. The molecule has 1 heterocycles. The Balaban J connectivity index is 0.00000180. The van der Waals surface area contributed by atoms with Gasteiger partial charge in [0, 0.05) is 19.0 Å². The molecule has 4 heteroatoms. The maximum Gasteiger partial charge on any atom is 0.224 e. The van der Waals surface area contributed by atoms with Gasteiger partial charge in [-0.2, -0.15) is 0 Å². The molecule has 0 aromatic heterocycles. The molecule has 1 aliphatic heterocycles. The van der Waals surface area contributed by atoms with Crippen LogP contribution in [0.25, 0.3) is 0 Å². The molecule has 0 aliphatic carbocycles. The van der Waals surface area contributed by atoms with Crippen molar-refractivity contribution in [2.24, 2.45) is 5.73 Å². The summed E-state index contributed by atoms with van der Waals surface area (Å²) in [6.45, 7) is 4.83. The highest BCUT2D eigenvalue weighted by atomic mass is 35.5. The summed E-state index contributed by atoms with van der Waals surface area (Å²) < 4.78 is 0. The van der Waals surface area contributed by atoms with E-state index in [9.17, 15) is 4.79 Å². The van der Waals surface area contributed by atoms with Gasteiger partial charge in [-0.25, -0.2) is 0 Å². The minimum atomic E-state index is -0.0585. The number of hydrogen-bond donors (Lipinski definition) is 1. The van der Waals surface area contributed by atoms with Crippen LogP contribution < -0.4 is 5.73 Å². The van der Waals surface area contributed by atoms with E-state index in [4.69, 9.17) is 5.73 Å². The van der Waals surface area contributed by atoms with Gasteiger partial charge in [0.15, 0.2) is 0 Å². The Morgan fingerprint density at radius 3 is 2.63 bits per heavy atom. The molecular weight excluding hydrogens is 260 g/mol. The third kappa shape index (κ3) is 3.95. The zero-order valence-corrected chi connectivity index (χ0v) is 12.5. The Morgan fingerprint density at radius 2 is 2.05 bits per heavy atom. The lowest BCUT2D eigenvalue weighted by Crippen LogP contribution is -2.34. The lowest BCUT2D eigenvalue weighted by Gasteiger charge is -2.26. The first-order valence-corrected chi connectivity index (χ1v) is 6.69. The number of benzene rings is 1. The molecule has 0 radical (unpaired) electrons. The van der Waals surface area contributed by atoms with Gasteiger partial charge in [-0.15, -0.1) is 12.4 Å². The van der Waals surface area contributed by atoms with Crippen molar-refractivity contribution in [3.8, 4) is 0 Å². The van der Waals surface area contributed by atoms with Crippen LogP contribution >= 0.6 is 12.4 Å². The van der Waals surface area contributed by atoms with Gasteiger partial charge < -0.3 is 10.6 Å². The van der Waals surface area contributed by atoms with Gasteiger partial charge in [0.2, 0.25) is 5.91 Å². The third-order valence-electron chi connectivity index (χ3n) is 3.53. The number of rotatable bonds is 3. The predicted octanol–water partition coefficient (Wildman–Crippen LogP) is 2.82. The van der Waals surface area contributed by atoms with E-state index in [1.54, 1.807) is 0 Å². The molecule has 3 nitrogen and oxygen atoms in total. The van der Waals surface area contributed by atoms with Gasteiger partial charge in [-0.1, -0.05) is 29.8 Å². The topological polar surface area (TPSA) is 46.3 Å². The number of halogens is 1. The van der Waals surface area contributed by atoms with Gasteiger partial charge in [0.05, 0.1) is 6.04 Å². The van der Waals surface area contributed by atoms with Crippen LogP contribution in [0, 0.1) is 6.92 Å². The van der Waals surface area contributed by atoms with Crippen LogP contribution in [0.15, 0.2) is 24.3 Å². The second-order valence-corrected chi connectivity index (χ2v) is 5.34. The molecule has 2 rings (SSSR count). The Hall–Kier alpha value is -1.06. The second kappa shape index (κ2) is 6.92. The number of nitrogens with zero attached hydrogens (tertiary/aromatic N) is 1. The first-order chi connectivity index (χ1) is 8.58. The summed E-state index contributed by atoms with van der Waals surface area (Å²) in [6, 6.07) is 8.69. The summed E-state index contributed by atoms with van der Waals surface area (Å²) in [4.78, 5) is 14.1. The highest BCUT2D eigenvalue weighted by Crippen LogP contribution is 2.32. The lowest BCUT2D eigenvalue weighted by molar-refractivity contribution is -0.132. The fourth-order valence-corrected chi connectivity index (χ4v) is 2.59. The summed E-state index contributed by atoms with van der Waals surface area (Å²) in [5.41, 5.74) is 8.22. The number of nitrogens with two attached hydrogens (primary N) is 1. The van der Waals surface area contributed by atoms with E-state index >= 15 is 0 Å². The van der Waals surface area contributed by atoms with Crippen molar-refractivity contribution in [1.29, 1.82) is 0 Å². The Kier molecular flexibility index (Phi) is 5.83. The molecule has 1 amide bonds. The van der Waals surface area contributed by atoms with Crippen molar-refractivity contribution in [2.45, 2.75) is 45.2 Å². The summed E-state index contributed by atoms with van der Waals surface area (Å²) in [6.07, 6.45) is 2.60.